The Bertz CT molecular complexity index is 881. The zero-order valence-corrected chi connectivity index (χ0v) is 14.0. The summed E-state index contributed by atoms with van der Waals surface area (Å²) in [6.45, 7) is 6.08. The molecular weight excluding hydrogens is 338 g/mol. The van der Waals surface area contributed by atoms with Crippen molar-refractivity contribution in [3.63, 3.8) is 0 Å². The molecule has 0 saturated heterocycles. The van der Waals surface area contributed by atoms with Crippen LogP contribution in [0.15, 0.2) is 42.5 Å². The second kappa shape index (κ2) is 6.64. The summed E-state index contributed by atoms with van der Waals surface area (Å²) in [6, 6.07) is 11.5. The third-order valence-electron chi connectivity index (χ3n) is 3.47. The van der Waals surface area contributed by atoms with Crippen molar-refractivity contribution in [1.82, 2.24) is 0 Å². The maximum atomic E-state index is 6.10. The van der Waals surface area contributed by atoms with E-state index in [-0.39, 0.29) is 7.43 Å². The fraction of sp³-hybridized carbons (Fsp3) is 0.0526. The van der Waals surface area contributed by atoms with Gasteiger partial charge >= 0.3 is 136 Å². The Kier molecular flexibility index (Phi) is 5.06. The molecule has 1 nitrogen and oxygen atoms in total. The average molecular weight is 353 g/mol. The number of ether oxygens (including phenoxy) is 1. The number of allylic oxidation sites excluding steroid dienone is 1. The van der Waals surface area contributed by atoms with Gasteiger partial charge in [-0.2, -0.15) is 0 Å². The average Bonchev–Trinajstić information content (AvgIpc) is 2.50. The number of fused-ring (bicyclic) bond motifs is 1. The molecule has 0 spiro atoms. The van der Waals surface area contributed by atoms with E-state index < -0.39 is 0 Å². The topological polar surface area (TPSA) is 9.23 Å². The van der Waals surface area contributed by atoms with Crippen molar-refractivity contribution in [2.75, 3.05) is 7.11 Å². The van der Waals surface area contributed by atoms with E-state index in [1.165, 1.54) is 0 Å². The Morgan fingerprint density at radius 3 is 2.64 bits per heavy atom. The summed E-state index contributed by atoms with van der Waals surface area (Å²) in [7, 11) is 1.65. The van der Waals surface area contributed by atoms with Crippen molar-refractivity contribution < 1.29 is 19.8 Å². The third-order valence-corrected chi connectivity index (χ3v) is 4.33. The van der Waals surface area contributed by atoms with Crippen LogP contribution < -0.4 is 15.2 Å². The predicted molar refractivity (Wildman–Crippen MR) is 91.1 cm³/mol. The van der Waals surface area contributed by atoms with Crippen LogP contribution in [0.25, 0.3) is 18.2 Å². The molecule has 0 radical (unpaired) electrons. The van der Waals surface area contributed by atoms with Crippen LogP contribution in [0.4, 0.5) is 0 Å². The molecule has 0 bridgehead atoms. The largest absolute Gasteiger partial charge is 0.358 e. The summed E-state index contributed by atoms with van der Waals surface area (Å²) >= 11 is 11.4. The molecule has 0 heterocycles. The normalized spacial score (nSPS) is 15.2. The molecule has 0 N–H and O–H groups in total. The van der Waals surface area contributed by atoms with E-state index in [1.54, 1.807) is 13.2 Å². The minimum absolute atomic E-state index is 0. The van der Waals surface area contributed by atoms with Gasteiger partial charge in [-0.25, -0.2) is 0 Å². The van der Waals surface area contributed by atoms with E-state index in [4.69, 9.17) is 37.9 Å². The summed E-state index contributed by atoms with van der Waals surface area (Å²) in [4.78, 5) is 0. The summed E-state index contributed by atoms with van der Waals surface area (Å²) < 4.78 is 6.05. The van der Waals surface area contributed by atoms with Gasteiger partial charge in [0.2, 0.25) is 0 Å². The van der Waals surface area contributed by atoms with Gasteiger partial charge < -0.3 is 7.43 Å². The second-order valence-corrected chi connectivity index (χ2v) is 5.59. The first kappa shape index (κ1) is 16.7. The standard InChI is InChI=1S/C18H12ClO.CH3.Ni/c1-12-17(4-3-5-18(12)19)15-7-6-14-11-16(20-2)9-8-13(14)10-15;;/h1,3-9,11H,2H3;1H3;/q2*-1;/b17-15-;;. The number of hydrogen-bond acceptors (Lipinski definition) is 1. The van der Waals surface area contributed by atoms with Crippen LogP contribution in [0, 0.1) is 7.43 Å². The van der Waals surface area contributed by atoms with Crippen molar-refractivity contribution in [3.05, 3.63) is 76.5 Å². The molecule has 2 aromatic carbocycles. The number of hydrogen-bond donors (Lipinski definition) is 0. The van der Waals surface area contributed by atoms with E-state index in [0.29, 0.717) is 10.2 Å². The minimum Gasteiger partial charge on any atom is -0.358 e. The van der Waals surface area contributed by atoms with Crippen molar-refractivity contribution in [2.24, 2.45) is 0 Å². The Morgan fingerprint density at radius 2 is 1.91 bits per heavy atom. The van der Waals surface area contributed by atoms with Gasteiger partial charge in [0.1, 0.15) is 0 Å². The first-order chi connectivity index (χ1) is 10.1. The van der Waals surface area contributed by atoms with Crippen molar-refractivity contribution >= 4 is 34.3 Å². The molecule has 0 unspecified atom stereocenters. The molecule has 3 rings (SSSR count). The fourth-order valence-corrected chi connectivity index (χ4v) is 2.96. The summed E-state index contributed by atoms with van der Waals surface area (Å²) in [5, 5.41) is 1.98. The van der Waals surface area contributed by atoms with Crippen LogP contribution in [-0.2, 0) is 15.0 Å². The quantitative estimate of drug-likeness (QED) is 0.566. The molecule has 1 aliphatic carbocycles. The van der Waals surface area contributed by atoms with E-state index in [0.717, 1.165) is 32.2 Å². The van der Waals surface area contributed by atoms with Gasteiger partial charge in [-0.05, 0) is 0 Å². The summed E-state index contributed by atoms with van der Waals surface area (Å²) in [6.07, 6.45) is 4.01. The zero-order valence-electron chi connectivity index (χ0n) is 12.3. The summed E-state index contributed by atoms with van der Waals surface area (Å²) in [5.41, 5.74) is 3.01. The van der Waals surface area contributed by atoms with Crippen molar-refractivity contribution in [2.45, 2.75) is 0 Å². The minimum atomic E-state index is 0. The van der Waals surface area contributed by atoms with E-state index in [2.05, 4.69) is 0 Å². The third kappa shape index (κ3) is 2.82. The van der Waals surface area contributed by atoms with Gasteiger partial charge in [0.05, 0.1) is 0 Å². The maximum absolute atomic E-state index is 6.10. The van der Waals surface area contributed by atoms with Gasteiger partial charge in [-0.15, -0.1) is 0 Å². The molecule has 0 saturated carbocycles. The number of methoxy groups -OCH3 is 1. The number of benzene rings is 2. The van der Waals surface area contributed by atoms with Gasteiger partial charge in [0.25, 0.3) is 0 Å². The van der Waals surface area contributed by atoms with Crippen LogP contribution in [0.2, 0.25) is 5.02 Å². The first-order valence-electron chi connectivity index (χ1n) is 6.39. The van der Waals surface area contributed by atoms with Crippen LogP contribution >= 0.6 is 11.6 Å². The molecule has 0 aliphatic heterocycles. The van der Waals surface area contributed by atoms with Gasteiger partial charge in [0.15, 0.2) is 0 Å². The monoisotopic (exact) mass is 352 g/mol. The van der Waals surface area contributed by atoms with Crippen LogP contribution in [0.1, 0.15) is 11.1 Å². The van der Waals surface area contributed by atoms with Crippen molar-refractivity contribution in [3.8, 4) is 5.75 Å². The van der Waals surface area contributed by atoms with Gasteiger partial charge in [-0.1, -0.05) is 0 Å². The van der Waals surface area contributed by atoms with E-state index >= 15 is 0 Å². The Hall–Kier alpha value is -1.63. The molecule has 2 aromatic rings. The molecule has 0 atom stereocenters. The second-order valence-electron chi connectivity index (χ2n) is 4.68. The summed E-state index contributed by atoms with van der Waals surface area (Å²) in [5.74, 6) is 0.817. The molecule has 3 heteroatoms. The van der Waals surface area contributed by atoms with E-state index in [1.807, 2.05) is 42.5 Å². The molecular formula is C19H15ClNiO-2. The molecule has 0 fully saturated rings. The van der Waals surface area contributed by atoms with Gasteiger partial charge in [-0.3, -0.25) is 0 Å². The van der Waals surface area contributed by atoms with Crippen molar-refractivity contribution in [1.29, 1.82) is 0 Å². The molecule has 116 valence electrons. The molecule has 22 heavy (non-hydrogen) atoms. The Labute approximate surface area is 143 Å². The molecule has 1 aliphatic rings. The first-order valence-corrected chi connectivity index (χ1v) is 7.26. The molecule has 0 amide bonds. The number of halogens is 1. The molecule has 0 aromatic heterocycles. The SMILES string of the molecule is [CH-]=c1c(Cl)ccc/c1=C1\C=Cc2cc(OC)ccc2[C]1=[Ni].[CH3-]. The van der Waals surface area contributed by atoms with Crippen LogP contribution in [0.5, 0.6) is 5.75 Å². The smallest absolute Gasteiger partial charge is 0.358 e. The Morgan fingerprint density at radius 1 is 1.14 bits per heavy atom. The number of rotatable bonds is 1. The predicted octanol–water partition coefficient (Wildman–Crippen LogP) is 3.03. The zero-order chi connectivity index (χ0) is 15.0. The van der Waals surface area contributed by atoms with E-state index in [9.17, 15) is 0 Å². The van der Waals surface area contributed by atoms with Crippen LogP contribution in [-0.4, -0.2) is 11.6 Å². The maximum Gasteiger partial charge on any atom is -0.358 e. The fourth-order valence-electron chi connectivity index (χ4n) is 2.35. The van der Waals surface area contributed by atoms with Gasteiger partial charge in [0, 0.05) is 0 Å². The Balaban J connectivity index is 0.00000176. The van der Waals surface area contributed by atoms with Crippen LogP contribution in [0.3, 0.4) is 0 Å².